The average Bonchev–Trinajstić information content (AvgIpc) is 3.09. The highest BCUT2D eigenvalue weighted by atomic mass is 15.5. The second kappa shape index (κ2) is 20.3. The minimum absolute atomic E-state index is 0.223. The third kappa shape index (κ3) is 13.0. The molecule has 1 heterocycles. The Morgan fingerprint density at radius 2 is 1.44 bits per heavy atom. The summed E-state index contributed by atoms with van der Waals surface area (Å²) in [7, 11) is 0. The number of hydrogen-bond donors (Lipinski definition) is 5. The molecular formula is C36H41N9. The lowest BCUT2D eigenvalue weighted by Crippen LogP contribution is -2.38. The molecule has 1 aliphatic rings. The summed E-state index contributed by atoms with van der Waals surface area (Å²) >= 11 is 0. The highest BCUT2D eigenvalue weighted by molar-refractivity contribution is 5.99. The van der Waals surface area contributed by atoms with E-state index in [1.807, 2.05) is 116 Å². The minimum atomic E-state index is 0.223. The molecule has 7 N–H and O–H groups in total. The standard InChI is InChI=1S/C20H22N4.C8H11N3.C8H8N2/c1-3-8-18(9-4-1)16-23-24-15-14-21-13-7-12-20(24)17-22-19-10-5-2-6-11-19;9-6-11-8(10)7-4-2-1-3-5-7;1-10-8(9)7-5-3-2-4-6-7/h1-13,17,22-23H,14-16H2;1-5H,6,9H2,(H2,10,11);2-6,9H,1H2/b12-7-,20-17-,21-13?;;. The number of hydrazine groups is 1. The van der Waals surface area contributed by atoms with Gasteiger partial charge in [-0.05, 0) is 36.6 Å². The van der Waals surface area contributed by atoms with Crippen LogP contribution in [0.5, 0.6) is 0 Å². The van der Waals surface area contributed by atoms with Crippen LogP contribution in [0.4, 0.5) is 5.69 Å². The van der Waals surface area contributed by atoms with Gasteiger partial charge < -0.3 is 21.8 Å². The topological polar surface area (TPSA) is 140 Å². The summed E-state index contributed by atoms with van der Waals surface area (Å²) in [6.07, 6.45) is 7.89. The molecule has 0 bridgehead atoms. The number of nitrogens with one attached hydrogen (secondary N) is 3. The van der Waals surface area contributed by atoms with Crippen LogP contribution in [0.2, 0.25) is 0 Å². The zero-order chi connectivity index (χ0) is 32.0. The van der Waals surface area contributed by atoms with E-state index < -0.39 is 0 Å². The monoisotopic (exact) mass is 599 g/mol. The zero-order valence-corrected chi connectivity index (χ0v) is 25.3. The maximum atomic E-state index is 7.25. The second-order valence-electron chi connectivity index (χ2n) is 9.43. The fourth-order valence-electron chi connectivity index (χ4n) is 3.91. The predicted molar refractivity (Wildman–Crippen MR) is 190 cm³/mol. The van der Waals surface area contributed by atoms with E-state index in [4.69, 9.17) is 16.9 Å². The fraction of sp³-hybridized carbons (Fsp3) is 0.111. The number of aliphatic imine (C=N–C) groups is 3. The Labute approximate surface area is 265 Å². The molecule has 5 rings (SSSR count). The SMILES string of the molecule is C1=NCCN(NCc2ccccc2)C(=C\Nc2ccccc2)/C=C\1.C=NC(=N)c1ccccc1.NC/N=C(\N)c1ccccc1. The van der Waals surface area contributed by atoms with Crippen LogP contribution in [0.15, 0.2) is 160 Å². The lowest BCUT2D eigenvalue weighted by Gasteiger charge is -2.27. The van der Waals surface area contributed by atoms with E-state index in [2.05, 4.69) is 67.8 Å². The lowest BCUT2D eigenvalue weighted by molar-refractivity contribution is 0.255. The zero-order valence-electron chi connectivity index (χ0n) is 25.3. The van der Waals surface area contributed by atoms with Crippen LogP contribution in [-0.4, -0.2) is 49.4 Å². The number of nitrogens with two attached hydrogens (primary N) is 2. The molecule has 230 valence electrons. The summed E-state index contributed by atoms with van der Waals surface area (Å²) in [6.45, 7) is 5.85. The molecule has 0 aliphatic carbocycles. The van der Waals surface area contributed by atoms with Crippen LogP contribution in [0.3, 0.4) is 0 Å². The summed E-state index contributed by atoms with van der Waals surface area (Å²) in [5.41, 5.74) is 19.4. The van der Waals surface area contributed by atoms with Crippen LogP contribution < -0.4 is 22.2 Å². The van der Waals surface area contributed by atoms with Crippen molar-refractivity contribution in [1.82, 2.24) is 10.4 Å². The number of amidine groups is 2. The number of para-hydroxylation sites is 1. The van der Waals surface area contributed by atoms with Crippen molar-refractivity contribution in [2.75, 3.05) is 25.1 Å². The molecule has 0 atom stereocenters. The van der Waals surface area contributed by atoms with Crippen LogP contribution in [0, 0.1) is 5.41 Å². The van der Waals surface area contributed by atoms with Crippen LogP contribution in [0.1, 0.15) is 16.7 Å². The highest BCUT2D eigenvalue weighted by Crippen LogP contribution is 2.10. The van der Waals surface area contributed by atoms with Gasteiger partial charge in [0.15, 0.2) is 5.84 Å². The fourth-order valence-corrected chi connectivity index (χ4v) is 3.91. The average molecular weight is 600 g/mol. The number of allylic oxidation sites excluding steroid dienone is 2. The molecule has 0 fully saturated rings. The van der Waals surface area contributed by atoms with Gasteiger partial charge in [0.2, 0.25) is 0 Å². The van der Waals surface area contributed by atoms with Gasteiger partial charge in [-0.2, -0.15) is 0 Å². The molecule has 0 aromatic heterocycles. The Balaban J connectivity index is 0.000000217. The molecule has 0 spiro atoms. The quantitative estimate of drug-likeness (QED) is 0.132. The third-order valence-electron chi connectivity index (χ3n) is 6.24. The van der Waals surface area contributed by atoms with Gasteiger partial charge in [0.05, 0.1) is 25.5 Å². The molecule has 0 saturated carbocycles. The first-order chi connectivity index (χ1) is 22.1. The molecule has 9 nitrogen and oxygen atoms in total. The van der Waals surface area contributed by atoms with E-state index in [9.17, 15) is 0 Å². The Morgan fingerprint density at radius 1 is 0.867 bits per heavy atom. The first-order valence-corrected chi connectivity index (χ1v) is 14.5. The predicted octanol–water partition coefficient (Wildman–Crippen LogP) is 5.61. The lowest BCUT2D eigenvalue weighted by atomic mass is 10.2. The van der Waals surface area contributed by atoms with Gasteiger partial charge in [0.25, 0.3) is 0 Å². The number of anilines is 1. The van der Waals surface area contributed by atoms with Crippen LogP contribution in [0.25, 0.3) is 0 Å². The second-order valence-corrected chi connectivity index (χ2v) is 9.43. The largest absolute Gasteiger partial charge is 0.383 e. The Kier molecular flexibility index (Phi) is 15.3. The van der Waals surface area contributed by atoms with E-state index in [0.29, 0.717) is 5.84 Å². The van der Waals surface area contributed by atoms with Crippen LogP contribution >= 0.6 is 0 Å². The highest BCUT2D eigenvalue weighted by Gasteiger charge is 2.08. The summed E-state index contributed by atoms with van der Waals surface area (Å²) in [5, 5.41) is 12.7. The molecule has 0 radical (unpaired) electrons. The Bertz CT molecular complexity index is 1530. The van der Waals surface area contributed by atoms with Crippen molar-refractivity contribution < 1.29 is 0 Å². The van der Waals surface area contributed by atoms with Crippen molar-refractivity contribution in [3.05, 3.63) is 162 Å². The molecule has 45 heavy (non-hydrogen) atoms. The molecule has 4 aromatic carbocycles. The molecule has 0 unspecified atom stereocenters. The number of nitrogens with zero attached hydrogens (tertiary/aromatic N) is 4. The van der Waals surface area contributed by atoms with Gasteiger partial charge in [0, 0.05) is 35.8 Å². The van der Waals surface area contributed by atoms with Gasteiger partial charge in [-0.3, -0.25) is 15.4 Å². The molecular weight excluding hydrogens is 558 g/mol. The smallest absolute Gasteiger partial charge is 0.151 e. The molecule has 0 saturated heterocycles. The van der Waals surface area contributed by atoms with Crippen molar-refractivity contribution in [3.8, 4) is 0 Å². The first-order valence-electron chi connectivity index (χ1n) is 14.5. The molecule has 9 heteroatoms. The van der Waals surface area contributed by atoms with Gasteiger partial charge in [-0.25, -0.2) is 10.4 Å². The van der Waals surface area contributed by atoms with Crippen molar-refractivity contribution in [2.24, 2.45) is 26.4 Å². The van der Waals surface area contributed by atoms with E-state index >= 15 is 0 Å². The summed E-state index contributed by atoms with van der Waals surface area (Å²) in [4.78, 5) is 11.7. The Hall–Kier alpha value is -5.64. The van der Waals surface area contributed by atoms with E-state index in [1.165, 1.54) is 5.56 Å². The molecule has 0 amide bonds. The van der Waals surface area contributed by atoms with Gasteiger partial charge in [0.1, 0.15) is 5.84 Å². The van der Waals surface area contributed by atoms with Crippen molar-refractivity contribution >= 4 is 30.3 Å². The van der Waals surface area contributed by atoms with E-state index in [-0.39, 0.29) is 12.5 Å². The van der Waals surface area contributed by atoms with Crippen molar-refractivity contribution in [1.29, 1.82) is 5.41 Å². The summed E-state index contributed by atoms with van der Waals surface area (Å²) in [5.74, 6) is 0.716. The number of benzene rings is 4. The Morgan fingerprint density at radius 3 is 2.04 bits per heavy atom. The molecule has 1 aliphatic heterocycles. The van der Waals surface area contributed by atoms with E-state index in [1.54, 1.807) is 0 Å². The molecule has 4 aromatic rings. The summed E-state index contributed by atoms with van der Waals surface area (Å²) < 4.78 is 0. The van der Waals surface area contributed by atoms with Crippen molar-refractivity contribution in [2.45, 2.75) is 6.54 Å². The number of rotatable bonds is 8. The summed E-state index contributed by atoms with van der Waals surface area (Å²) in [6, 6.07) is 39.4. The van der Waals surface area contributed by atoms with Gasteiger partial charge in [-0.1, -0.05) is 109 Å². The van der Waals surface area contributed by atoms with Gasteiger partial charge >= 0.3 is 0 Å². The number of hydrogen-bond acceptors (Lipinski definition) is 7. The maximum Gasteiger partial charge on any atom is 0.151 e. The first kappa shape index (κ1) is 33.9. The third-order valence-corrected chi connectivity index (χ3v) is 6.24. The van der Waals surface area contributed by atoms with Crippen LogP contribution in [-0.2, 0) is 6.54 Å². The van der Waals surface area contributed by atoms with E-state index in [0.717, 1.165) is 42.1 Å². The normalized spacial score (nSPS) is 14.0. The minimum Gasteiger partial charge on any atom is -0.383 e. The van der Waals surface area contributed by atoms with Gasteiger partial charge in [-0.15, -0.1) is 0 Å². The maximum absolute atomic E-state index is 7.25. The van der Waals surface area contributed by atoms with Crippen molar-refractivity contribution in [3.63, 3.8) is 0 Å².